The summed E-state index contributed by atoms with van der Waals surface area (Å²) in [6.07, 6.45) is 4.26. The molecular formula is C46H32F2O. The van der Waals surface area contributed by atoms with Gasteiger partial charge in [0.1, 0.15) is 17.4 Å². The van der Waals surface area contributed by atoms with Crippen molar-refractivity contribution >= 4 is 16.8 Å². The Labute approximate surface area is 284 Å². The van der Waals surface area contributed by atoms with E-state index in [-0.39, 0.29) is 11.6 Å². The van der Waals surface area contributed by atoms with E-state index in [0.717, 1.165) is 61.0 Å². The van der Waals surface area contributed by atoms with Gasteiger partial charge in [0.2, 0.25) is 0 Å². The molecule has 0 bridgehead atoms. The van der Waals surface area contributed by atoms with Gasteiger partial charge in [-0.25, -0.2) is 8.78 Å². The molecule has 49 heavy (non-hydrogen) atoms. The second-order valence-electron chi connectivity index (χ2n) is 13.5. The molecule has 0 saturated heterocycles. The van der Waals surface area contributed by atoms with Crippen LogP contribution in [-0.4, -0.2) is 0 Å². The maximum Gasteiger partial charge on any atom is 0.178 e. The second kappa shape index (κ2) is 10.9. The van der Waals surface area contributed by atoms with Crippen LogP contribution in [0.5, 0.6) is 5.75 Å². The molecule has 1 atom stereocenters. The molecule has 3 heteroatoms. The number of halogens is 2. The van der Waals surface area contributed by atoms with Gasteiger partial charge in [0.15, 0.2) is 5.60 Å². The van der Waals surface area contributed by atoms with Crippen molar-refractivity contribution < 1.29 is 13.5 Å². The lowest BCUT2D eigenvalue weighted by molar-refractivity contribution is 0.163. The van der Waals surface area contributed by atoms with E-state index in [4.69, 9.17) is 4.74 Å². The molecule has 2 aliphatic rings. The monoisotopic (exact) mass is 638 g/mol. The summed E-state index contributed by atoms with van der Waals surface area (Å²) in [6, 6.07) is 47.6. The molecule has 0 fully saturated rings. The zero-order valence-corrected chi connectivity index (χ0v) is 27.2. The summed E-state index contributed by atoms with van der Waals surface area (Å²) in [5, 5.41) is 1.58. The lowest BCUT2D eigenvalue weighted by Gasteiger charge is -2.38. The van der Waals surface area contributed by atoms with Gasteiger partial charge in [0, 0.05) is 27.5 Å². The minimum Gasteiger partial charge on any atom is -0.472 e. The number of ether oxygens (including phenoxy) is 1. The van der Waals surface area contributed by atoms with E-state index in [9.17, 15) is 4.39 Å². The van der Waals surface area contributed by atoms with E-state index in [2.05, 4.69) is 111 Å². The Bertz CT molecular complexity index is 2440. The Kier molecular flexibility index (Phi) is 6.51. The normalized spacial score (nSPS) is 16.9. The molecule has 0 N–H and O–H groups in total. The first-order chi connectivity index (χ1) is 23.8. The SMILES string of the molecule is CC1(C)c2cc(F)ccc2-c2c1c1c(c3cc(F)ccc23)OC(c2ccccc2)(c2ccc(-c3ccccc3-c3ccccc3)cc2)C=C1. The third-order valence-corrected chi connectivity index (χ3v) is 10.4. The molecule has 7 aromatic rings. The number of fused-ring (bicyclic) bond motifs is 8. The van der Waals surface area contributed by atoms with E-state index in [1.807, 2.05) is 36.4 Å². The Balaban J connectivity index is 1.25. The van der Waals surface area contributed by atoms with Crippen LogP contribution in [0.1, 0.15) is 41.7 Å². The average molecular weight is 639 g/mol. The minimum atomic E-state index is -0.985. The van der Waals surface area contributed by atoms with Gasteiger partial charge < -0.3 is 4.74 Å². The van der Waals surface area contributed by atoms with Crippen LogP contribution >= 0.6 is 0 Å². The first kappa shape index (κ1) is 29.3. The Morgan fingerprint density at radius 1 is 0.531 bits per heavy atom. The molecule has 0 aromatic heterocycles. The molecule has 1 aliphatic heterocycles. The van der Waals surface area contributed by atoms with Crippen molar-refractivity contribution in [3.05, 3.63) is 191 Å². The quantitative estimate of drug-likeness (QED) is 0.186. The van der Waals surface area contributed by atoms with Crippen LogP contribution in [-0.2, 0) is 11.0 Å². The first-order valence-corrected chi connectivity index (χ1v) is 16.6. The lowest BCUT2D eigenvalue weighted by atomic mass is 9.76. The highest BCUT2D eigenvalue weighted by Crippen LogP contribution is 2.58. The molecule has 0 amide bonds. The summed E-state index contributed by atoms with van der Waals surface area (Å²) >= 11 is 0. The van der Waals surface area contributed by atoms with Gasteiger partial charge in [-0.1, -0.05) is 141 Å². The molecule has 7 aromatic carbocycles. The maximum absolute atomic E-state index is 15.1. The molecule has 0 saturated carbocycles. The van der Waals surface area contributed by atoms with E-state index in [1.165, 1.54) is 17.7 Å². The lowest BCUT2D eigenvalue weighted by Crippen LogP contribution is -2.35. The van der Waals surface area contributed by atoms with Crippen molar-refractivity contribution in [3.8, 4) is 39.1 Å². The summed E-state index contributed by atoms with van der Waals surface area (Å²) in [5.74, 6) is 0.0177. The molecule has 0 spiro atoms. The predicted molar refractivity (Wildman–Crippen MR) is 196 cm³/mol. The smallest absolute Gasteiger partial charge is 0.178 e. The zero-order chi connectivity index (χ0) is 33.3. The Hall–Kier alpha value is -5.80. The fourth-order valence-corrected chi connectivity index (χ4v) is 8.09. The first-order valence-electron chi connectivity index (χ1n) is 16.6. The van der Waals surface area contributed by atoms with Crippen LogP contribution in [0.25, 0.3) is 50.2 Å². The average Bonchev–Trinajstić information content (AvgIpc) is 3.38. The fourth-order valence-electron chi connectivity index (χ4n) is 8.09. The number of hydrogen-bond acceptors (Lipinski definition) is 1. The van der Waals surface area contributed by atoms with Crippen molar-refractivity contribution in [2.75, 3.05) is 0 Å². The summed E-state index contributed by atoms with van der Waals surface area (Å²) in [4.78, 5) is 0. The topological polar surface area (TPSA) is 9.23 Å². The van der Waals surface area contributed by atoms with Crippen molar-refractivity contribution in [1.29, 1.82) is 0 Å². The number of rotatable bonds is 4. The maximum atomic E-state index is 15.1. The van der Waals surface area contributed by atoms with E-state index in [0.29, 0.717) is 11.1 Å². The molecule has 1 heterocycles. The number of benzene rings is 7. The molecule has 0 radical (unpaired) electrons. The third kappa shape index (κ3) is 4.42. The van der Waals surface area contributed by atoms with Crippen LogP contribution in [0.3, 0.4) is 0 Å². The third-order valence-electron chi connectivity index (χ3n) is 10.4. The summed E-state index contributed by atoms with van der Waals surface area (Å²) in [7, 11) is 0. The van der Waals surface area contributed by atoms with Gasteiger partial charge in [0.25, 0.3) is 0 Å². The van der Waals surface area contributed by atoms with Crippen molar-refractivity contribution in [3.63, 3.8) is 0 Å². The largest absolute Gasteiger partial charge is 0.472 e. The van der Waals surface area contributed by atoms with Gasteiger partial charge in [-0.2, -0.15) is 0 Å². The van der Waals surface area contributed by atoms with Crippen LogP contribution < -0.4 is 4.74 Å². The molecule has 236 valence electrons. The standard InChI is InChI=1S/C46H32F2O/c1-45(2)41-28-34(48)22-24-38(41)42-37-23-21-33(47)27-40(37)44-39(43(42)45)25-26-46(49-44,31-13-7-4-8-14-31)32-19-17-30(18-20-32)36-16-10-9-15-35(36)29-11-5-3-6-12-29/h3-28H,1-2H3. The second-order valence-corrected chi connectivity index (χ2v) is 13.5. The van der Waals surface area contributed by atoms with Gasteiger partial charge in [-0.3, -0.25) is 0 Å². The molecule has 1 nitrogen and oxygen atoms in total. The highest BCUT2D eigenvalue weighted by Gasteiger charge is 2.44. The Morgan fingerprint density at radius 2 is 1.12 bits per heavy atom. The van der Waals surface area contributed by atoms with E-state index in [1.54, 1.807) is 12.1 Å². The molecule has 9 rings (SSSR count). The highest BCUT2D eigenvalue weighted by molar-refractivity contribution is 6.08. The summed E-state index contributed by atoms with van der Waals surface area (Å²) in [6.45, 7) is 4.26. The van der Waals surface area contributed by atoms with Crippen LogP contribution in [0, 0.1) is 11.6 Å². The van der Waals surface area contributed by atoms with Crippen molar-refractivity contribution in [1.82, 2.24) is 0 Å². The van der Waals surface area contributed by atoms with E-state index < -0.39 is 11.0 Å². The van der Waals surface area contributed by atoms with Crippen LogP contribution in [0.15, 0.2) is 152 Å². The fraction of sp³-hybridized carbons (Fsp3) is 0.0870. The molecular weight excluding hydrogens is 607 g/mol. The number of hydrogen-bond donors (Lipinski definition) is 0. The predicted octanol–water partition coefficient (Wildman–Crippen LogP) is 12.1. The summed E-state index contributed by atoms with van der Waals surface area (Å²) < 4.78 is 37.1. The van der Waals surface area contributed by atoms with Crippen molar-refractivity contribution in [2.24, 2.45) is 0 Å². The van der Waals surface area contributed by atoms with E-state index >= 15 is 4.39 Å². The van der Waals surface area contributed by atoms with Crippen LogP contribution in [0.4, 0.5) is 8.78 Å². The zero-order valence-electron chi connectivity index (χ0n) is 27.2. The highest BCUT2D eigenvalue weighted by atomic mass is 19.1. The van der Waals surface area contributed by atoms with Gasteiger partial charge in [0.05, 0.1) is 0 Å². The molecule has 1 aliphatic carbocycles. The summed E-state index contributed by atoms with van der Waals surface area (Å²) in [5.41, 5.74) is 9.87. The van der Waals surface area contributed by atoms with Gasteiger partial charge in [-0.05, 0) is 80.2 Å². The molecule has 1 unspecified atom stereocenters. The minimum absolute atomic E-state index is 0.270. The van der Waals surface area contributed by atoms with Crippen molar-refractivity contribution in [2.45, 2.75) is 24.9 Å². The van der Waals surface area contributed by atoms with Gasteiger partial charge in [-0.15, -0.1) is 0 Å². The van der Waals surface area contributed by atoms with Crippen LogP contribution in [0.2, 0.25) is 0 Å². The van der Waals surface area contributed by atoms with Gasteiger partial charge >= 0.3 is 0 Å². The Morgan fingerprint density at radius 3 is 1.84 bits per heavy atom.